The van der Waals surface area contributed by atoms with Crippen LogP contribution in [-0.4, -0.2) is 28.0 Å². The number of rotatable bonds is 8. The number of carbonyl (C=O) groups excluding carboxylic acids is 1. The van der Waals surface area contributed by atoms with Crippen molar-refractivity contribution in [2.24, 2.45) is 0 Å². The van der Waals surface area contributed by atoms with E-state index in [1.165, 1.54) is 18.2 Å². The van der Waals surface area contributed by atoms with E-state index < -0.39 is 15.9 Å². The lowest BCUT2D eigenvalue weighted by Crippen LogP contribution is -2.20. The van der Waals surface area contributed by atoms with E-state index >= 15 is 0 Å². The van der Waals surface area contributed by atoms with Gasteiger partial charge in [0, 0.05) is 11.4 Å². The van der Waals surface area contributed by atoms with Gasteiger partial charge in [0.25, 0.3) is 15.9 Å². The SMILES string of the molecule is COc1ccc(NC(=O)COc2ccc(S(=O)(=O)Nc3ccccc3)cc2Cl)cc1. The Kier molecular flexibility index (Phi) is 6.81. The van der Waals surface area contributed by atoms with Crippen molar-refractivity contribution in [2.45, 2.75) is 4.90 Å². The molecule has 0 aromatic heterocycles. The molecule has 0 radical (unpaired) electrons. The van der Waals surface area contributed by atoms with Crippen LogP contribution in [-0.2, 0) is 14.8 Å². The normalized spacial score (nSPS) is 10.9. The summed E-state index contributed by atoms with van der Waals surface area (Å²) in [5, 5.41) is 2.75. The van der Waals surface area contributed by atoms with Gasteiger partial charge in [-0.05, 0) is 54.6 Å². The Morgan fingerprint density at radius 2 is 1.67 bits per heavy atom. The average Bonchev–Trinajstić information content (AvgIpc) is 2.74. The summed E-state index contributed by atoms with van der Waals surface area (Å²) in [6.45, 7) is -0.292. The standard InChI is InChI=1S/C21H19ClN2O5S/c1-28-17-9-7-15(8-10-17)23-21(25)14-29-20-12-11-18(13-19(20)22)30(26,27)24-16-5-3-2-4-6-16/h2-13,24H,14H2,1H3,(H,23,25). The van der Waals surface area contributed by atoms with Gasteiger partial charge in [0.05, 0.1) is 17.0 Å². The number of amides is 1. The van der Waals surface area contributed by atoms with Gasteiger partial charge in [-0.3, -0.25) is 9.52 Å². The first-order chi connectivity index (χ1) is 14.4. The van der Waals surface area contributed by atoms with Crippen LogP contribution >= 0.6 is 11.6 Å². The molecule has 0 saturated carbocycles. The molecule has 0 spiro atoms. The first-order valence-corrected chi connectivity index (χ1v) is 10.7. The second kappa shape index (κ2) is 9.51. The molecule has 7 nitrogen and oxygen atoms in total. The molecule has 0 aliphatic heterocycles. The lowest BCUT2D eigenvalue weighted by Gasteiger charge is -2.12. The molecule has 0 saturated heterocycles. The van der Waals surface area contributed by atoms with Gasteiger partial charge in [0.1, 0.15) is 11.5 Å². The molecule has 3 aromatic carbocycles. The maximum absolute atomic E-state index is 12.5. The van der Waals surface area contributed by atoms with Gasteiger partial charge in [-0.1, -0.05) is 29.8 Å². The van der Waals surface area contributed by atoms with Crippen LogP contribution in [0.3, 0.4) is 0 Å². The highest BCUT2D eigenvalue weighted by Gasteiger charge is 2.17. The van der Waals surface area contributed by atoms with Gasteiger partial charge in [-0.25, -0.2) is 8.42 Å². The average molecular weight is 447 g/mol. The minimum Gasteiger partial charge on any atom is -0.497 e. The van der Waals surface area contributed by atoms with E-state index in [2.05, 4.69) is 10.0 Å². The highest BCUT2D eigenvalue weighted by Crippen LogP contribution is 2.28. The van der Waals surface area contributed by atoms with Gasteiger partial charge in [-0.15, -0.1) is 0 Å². The number of methoxy groups -OCH3 is 1. The third-order valence-corrected chi connectivity index (χ3v) is 5.65. The molecule has 0 heterocycles. The van der Waals surface area contributed by atoms with Crippen molar-refractivity contribution in [3.63, 3.8) is 0 Å². The quantitative estimate of drug-likeness (QED) is 0.541. The zero-order valence-electron chi connectivity index (χ0n) is 16.0. The molecule has 0 fully saturated rings. The molecule has 2 N–H and O–H groups in total. The van der Waals surface area contributed by atoms with Crippen LogP contribution in [0.4, 0.5) is 11.4 Å². The predicted molar refractivity (Wildman–Crippen MR) is 116 cm³/mol. The largest absolute Gasteiger partial charge is 0.497 e. The monoisotopic (exact) mass is 446 g/mol. The summed E-state index contributed by atoms with van der Waals surface area (Å²) in [7, 11) is -2.25. The Morgan fingerprint density at radius 3 is 2.30 bits per heavy atom. The molecule has 3 rings (SSSR count). The topological polar surface area (TPSA) is 93.7 Å². The second-order valence-corrected chi connectivity index (χ2v) is 8.22. The third kappa shape index (κ3) is 5.65. The summed E-state index contributed by atoms with van der Waals surface area (Å²) in [6, 6.07) is 19.4. The number of hydrogen-bond acceptors (Lipinski definition) is 5. The molecular formula is C21H19ClN2O5S. The van der Waals surface area contributed by atoms with E-state index in [1.807, 2.05) is 0 Å². The molecule has 0 bridgehead atoms. The Hall–Kier alpha value is -3.23. The van der Waals surface area contributed by atoms with E-state index in [4.69, 9.17) is 21.1 Å². The van der Waals surface area contributed by atoms with Crippen LogP contribution in [0.2, 0.25) is 5.02 Å². The van der Waals surface area contributed by atoms with Crippen molar-refractivity contribution in [1.82, 2.24) is 0 Å². The van der Waals surface area contributed by atoms with Crippen LogP contribution in [0.5, 0.6) is 11.5 Å². The highest BCUT2D eigenvalue weighted by atomic mass is 35.5. The fraction of sp³-hybridized carbons (Fsp3) is 0.0952. The van der Waals surface area contributed by atoms with Gasteiger partial charge >= 0.3 is 0 Å². The molecule has 3 aromatic rings. The van der Waals surface area contributed by atoms with Crippen LogP contribution in [0.15, 0.2) is 77.7 Å². The summed E-state index contributed by atoms with van der Waals surface area (Å²) in [4.78, 5) is 12.0. The van der Waals surface area contributed by atoms with E-state index in [0.717, 1.165) is 0 Å². The number of sulfonamides is 1. The first-order valence-electron chi connectivity index (χ1n) is 8.81. The number of para-hydroxylation sites is 1. The summed E-state index contributed by atoms with van der Waals surface area (Å²) in [5.74, 6) is 0.478. The van der Waals surface area contributed by atoms with Crippen molar-refractivity contribution in [1.29, 1.82) is 0 Å². The smallest absolute Gasteiger partial charge is 0.262 e. The first kappa shape index (κ1) is 21.5. The fourth-order valence-electron chi connectivity index (χ4n) is 2.50. The molecule has 0 unspecified atom stereocenters. The van der Waals surface area contributed by atoms with Crippen LogP contribution in [0.25, 0.3) is 0 Å². The van der Waals surface area contributed by atoms with Crippen molar-refractivity contribution in [2.75, 3.05) is 23.8 Å². The number of benzene rings is 3. The maximum atomic E-state index is 12.5. The van der Waals surface area contributed by atoms with Crippen LogP contribution < -0.4 is 19.5 Å². The Morgan fingerprint density at radius 1 is 0.967 bits per heavy atom. The minimum absolute atomic E-state index is 0.0219. The molecule has 30 heavy (non-hydrogen) atoms. The summed E-state index contributed by atoms with van der Waals surface area (Å²) in [5.41, 5.74) is 1.02. The molecule has 0 aliphatic rings. The summed E-state index contributed by atoms with van der Waals surface area (Å²) < 4.78 is 37.9. The third-order valence-electron chi connectivity index (χ3n) is 3.97. The molecule has 1 amide bonds. The molecule has 0 atom stereocenters. The molecular weight excluding hydrogens is 428 g/mol. The predicted octanol–water partition coefficient (Wildman–Crippen LogP) is 4.17. The van der Waals surface area contributed by atoms with Crippen LogP contribution in [0, 0.1) is 0 Å². The van der Waals surface area contributed by atoms with Gasteiger partial charge < -0.3 is 14.8 Å². The number of ether oxygens (including phenoxy) is 2. The van der Waals surface area contributed by atoms with E-state index in [9.17, 15) is 13.2 Å². The number of hydrogen-bond donors (Lipinski definition) is 2. The highest BCUT2D eigenvalue weighted by molar-refractivity contribution is 7.92. The Labute approximate surface area is 179 Å². The number of halogens is 1. The molecule has 156 valence electrons. The molecule has 9 heteroatoms. The zero-order chi connectivity index (χ0) is 21.6. The number of anilines is 2. The van der Waals surface area contributed by atoms with Crippen molar-refractivity contribution < 1.29 is 22.7 Å². The Balaban J connectivity index is 1.61. The van der Waals surface area contributed by atoms with Crippen LogP contribution in [0.1, 0.15) is 0 Å². The van der Waals surface area contributed by atoms with Crippen molar-refractivity contribution >= 4 is 38.9 Å². The van der Waals surface area contributed by atoms with E-state index in [1.54, 1.807) is 61.7 Å². The van der Waals surface area contributed by atoms with Gasteiger partial charge in [0.15, 0.2) is 6.61 Å². The second-order valence-electron chi connectivity index (χ2n) is 6.13. The minimum atomic E-state index is -3.81. The lowest BCUT2D eigenvalue weighted by atomic mass is 10.3. The van der Waals surface area contributed by atoms with E-state index in [0.29, 0.717) is 17.1 Å². The maximum Gasteiger partial charge on any atom is 0.262 e. The van der Waals surface area contributed by atoms with Crippen molar-refractivity contribution in [3.05, 3.63) is 77.8 Å². The fourth-order valence-corrected chi connectivity index (χ4v) is 3.88. The number of nitrogens with one attached hydrogen (secondary N) is 2. The molecule has 0 aliphatic carbocycles. The van der Waals surface area contributed by atoms with E-state index in [-0.39, 0.29) is 22.3 Å². The van der Waals surface area contributed by atoms with Gasteiger partial charge in [0.2, 0.25) is 0 Å². The lowest BCUT2D eigenvalue weighted by molar-refractivity contribution is -0.118. The zero-order valence-corrected chi connectivity index (χ0v) is 17.5. The van der Waals surface area contributed by atoms with Crippen molar-refractivity contribution in [3.8, 4) is 11.5 Å². The van der Waals surface area contributed by atoms with Gasteiger partial charge in [-0.2, -0.15) is 0 Å². The summed E-state index contributed by atoms with van der Waals surface area (Å²) in [6.07, 6.45) is 0. The number of carbonyl (C=O) groups is 1. The Bertz CT molecular complexity index is 1120. The summed E-state index contributed by atoms with van der Waals surface area (Å²) >= 11 is 6.15.